The molecule has 0 fully saturated rings. The minimum absolute atomic E-state index is 0.444. The Morgan fingerprint density at radius 2 is 2.00 bits per heavy atom. The lowest BCUT2D eigenvalue weighted by atomic mass is 10.1. The maximum Gasteiger partial charge on any atom is 0.0291 e. The van der Waals surface area contributed by atoms with E-state index in [1.165, 1.54) is 17.7 Å². The Balaban J connectivity index is 2.33. The van der Waals surface area contributed by atoms with Crippen LogP contribution in [0.1, 0.15) is 24.9 Å². The average Bonchev–Trinajstić information content (AvgIpc) is 2.25. The Morgan fingerprint density at radius 1 is 1.33 bits per heavy atom. The van der Waals surface area contributed by atoms with Crippen molar-refractivity contribution in [3.63, 3.8) is 0 Å². The highest BCUT2D eigenvalue weighted by Crippen LogP contribution is 2.16. The van der Waals surface area contributed by atoms with Gasteiger partial charge in [0.25, 0.3) is 0 Å². The fourth-order valence-corrected chi connectivity index (χ4v) is 2.10. The molecule has 0 saturated carbocycles. The molecular formula is C12H18BrNS. The molecule has 1 aromatic rings. The third-order valence-corrected chi connectivity index (χ3v) is 3.57. The second kappa shape index (κ2) is 7.31. The van der Waals surface area contributed by atoms with E-state index in [0.717, 1.165) is 11.0 Å². The highest BCUT2D eigenvalue weighted by atomic mass is 79.9. The van der Waals surface area contributed by atoms with Crippen LogP contribution in [-0.2, 0) is 0 Å². The normalized spacial score (nSPS) is 12.7. The first-order valence-corrected chi connectivity index (χ1v) is 7.40. The van der Waals surface area contributed by atoms with Crippen molar-refractivity contribution < 1.29 is 0 Å². The third-order valence-electron chi connectivity index (χ3n) is 2.35. The van der Waals surface area contributed by atoms with Gasteiger partial charge in [-0.25, -0.2) is 0 Å². The first-order valence-electron chi connectivity index (χ1n) is 5.22. The second-order valence-corrected chi connectivity index (χ2v) is 5.47. The molecule has 0 aliphatic rings. The number of nitrogens with one attached hydrogen (secondary N) is 1. The highest BCUT2D eigenvalue weighted by molar-refractivity contribution is 9.10. The van der Waals surface area contributed by atoms with Crippen LogP contribution in [0.25, 0.3) is 0 Å². The smallest absolute Gasteiger partial charge is 0.0291 e. The number of hydrogen-bond acceptors (Lipinski definition) is 2. The molecule has 1 N–H and O–H groups in total. The molecule has 0 amide bonds. The maximum absolute atomic E-state index is 3.52. The minimum Gasteiger partial charge on any atom is -0.310 e. The number of hydrogen-bond donors (Lipinski definition) is 1. The Morgan fingerprint density at radius 3 is 2.60 bits per heavy atom. The van der Waals surface area contributed by atoms with E-state index in [4.69, 9.17) is 0 Å². The summed E-state index contributed by atoms with van der Waals surface area (Å²) in [7, 11) is 0. The Kier molecular flexibility index (Phi) is 6.37. The van der Waals surface area contributed by atoms with Crippen LogP contribution < -0.4 is 5.32 Å². The summed E-state index contributed by atoms with van der Waals surface area (Å²) in [4.78, 5) is 0. The van der Waals surface area contributed by atoms with Gasteiger partial charge in [-0.3, -0.25) is 0 Å². The van der Waals surface area contributed by atoms with Gasteiger partial charge in [-0.1, -0.05) is 28.1 Å². The van der Waals surface area contributed by atoms with E-state index in [1.54, 1.807) is 0 Å². The van der Waals surface area contributed by atoms with Crippen LogP contribution in [0.15, 0.2) is 28.7 Å². The Hall–Kier alpha value is 0.01000. The summed E-state index contributed by atoms with van der Waals surface area (Å²) in [5, 5.41) is 3.52. The SMILES string of the molecule is CSCCCN[C@H](C)c1ccc(Br)cc1. The van der Waals surface area contributed by atoms with E-state index in [1.807, 2.05) is 11.8 Å². The lowest BCUT2D eigenvalue weighted by molar-refractivity contribution is 0.572. The number of benzene rings is 1. The summed E-state index contributed by atoms with van der Waals surface area (Å²) in [6.45, 7) is 3.31. The predicted octanol–water partition coefficient (Wildman–Crippen LogP) is 3.85. The first kappa shape index (κ1) is 13.1. The van der Waals surface area contributed by atoms with Crippen LogP contribution in [0.4, 0.5) is 0 Å². The van der Waals surface area contributed by atoms with Crippen LogP contribution in [-0.4, -0.2) is 18.6 Å². The van der Waals surface area contributed by atoms with Crippen molar-refractivity contribution in [1.29, 1.82) is 0 Å². The third kappa shape index (κ3) is 5.05. The van der Waals surface area contributed by atoms with Gasteiger partial charge >= 0.3 is 0 Å². The Labute approximate surface area is 105 Å². The molecule has 0 bridgehead atoms. The topological polar surface area (TPSA) is 12.0 Å². The largest absolute Gasteiger partial charge is 0.310 e. The molecule has 84 valence electrons. The highest BCUT2D eigenvalue weighted by Gasteiger charge is 2.03. The number of rotatable bonds is 6. The zero-order chi connectivity index (χ0) is 11.1. The summed E-state index contributed by atoms with van der Waals surface area (Å²) >= 11 is 5.35. The molecule has 1 atom stereocenters. The average molecular weight is 288 g/mol. The molecule has 0 aliphatic heterocycles. The summed E-state index contributed by atoms with van der Waals surface area (Å²) in [6, 6.07) is 8.96. The van der Waals surface area contributed by atoms with Gasteiger partial charge in [-0.05, 0) is 49.6 Å². The van der Waals surface area contributed by atoms with Gasteiger partial charge in [0.05, 0.1) is 0 Å². The standard InChI is InChI=1S/C12H18BrNS/c1-10(14-8-3-9-15-2)11-4-6-12(13)7-5-11/h4-7,10,14H,3,8-9H2,1-2H3/t10-/m1/s1. The molecule has 0 heterocycles. The molecule has 0 radical (unpaired) electrons. The van der Waals surface area contributed by atoms with Crippen molar-refractivity contribution >= 4 is 27.7 Å². The number of thioether (sulfide) groups is 1. The van der Waals surface area contributed by atoms with Crippen molar-refractivity contribution in [1.82, 2.24) is 5.32 Å². The summed E-state index contributed by atoms with van der Waals surface area (Å²) < 4.78 is 1.14. The molecule has 3 heteroatoms. The first-order chi connectivity index (χ1) is 7.24. The zero-order valence-electron chi connectivity index (χ0n) is 9.29. The predicted molar refractivity (Wildman–Crippen MR) is 73.6 cm³/mol. The summed E-state index contributed by atoms with van der Waals surface area (Å²) in [5.74, 6) is 1.24. The molecule has 1 aromatic carbocycles. The van der Waals surface area contributed by atoms with Gasteiger partial charge < -0.3 is 5.32 Å². The summed E-state index contributed by atoms with van der Waals surface area (Å²) in [6.07, 6.45) is 3.39. The van der Waals surface area contributed by atoms with E-state index < -0.39 is 0 Å². The van der Waals surface area contributed by atoms with Crippen LogP contribution >= 0.6 is 27.7 Å². The lowest BCUT2D eigenvalue weighted by Crippen LogP contribution is -2.20. The van der Waals surface area contributed by atoms with Crippen molar-refractivity contribution in [2.75, 3.05) is 18.6 Å². The van der Waals surface area contributed by atoms with Crippen LogP contribution in [0.2, 0.25) is 0 Å². The fourth-order valence-electron chi connectivity index (χ4n) is 1.40. The van der Waals surface area contributed by atoms with E-state index in [2.05, 4.69) is 58.7 Å². The zero-order valence-corrected chi connectivity index (χ0v) is 11.7. The lowest BCUT2D eigenvalue weighted by Gasteiger charge is -2.13. The van der Waals surface area contributed by atoms with Gasteiger partial charge in [0, 0.05) is 10.5 Å². The minimum atomic E-state index is 0.444. The molecule has 15 heavy (non-hydrogen) atoms. The second-order valence-electron chi connectivity index (χ2n) is 3.57. The van der Waals surface area contributed by atoms with Crippen molar-refractivity contribution in [3.8, 4) is 0 Å². The molecular weight excluding hydrogens is 270 g/mol. The monoisotopic (exact) mass is 287 g/mol. The molecule has 0 spiro atoms. The van der Waals surface area contributed by atoms with Gasteiger partial charge in [-0.2, -0.15) is 11.8 Å². The number of halogens is 1. The maximum atomic E-state index is 3.52. The molecule has 0 saturated heterocycles. The molecule has 1 rings (SSSR count). The molecule has 0 aliphatic carbocycles. The van der Waals surface area contributed by atoms with Gasteiger partial charge in [-0.15, -0.1) is 0 Å². The fraction of sp³-hybridized carbons (Fsp3) is 0.500. The van der Waals surface area contributed by atoms with E-state index in [0.29, 0.717) is 6.04 Å². The van der Waals surface area contributed by atoms with Crippen molar-refractivity contribution in [2.24, 2.45) is 0 Å². The van der Waals surface area contributed by atoms with Crippen molar-refractivity contribution in [2.45, 2.75) is 19.4 Å². The quantitative estimate of drug-likeness (QED) is 0.798. The van der Waals surface area contributed by atoms with E-state index in [9.17, 15) is 0 Å². The van der Waals surface area contributed by atoms with Gasteiger partial charge in [0.15, 0.2) is 0 Å². The van der Waals surface area contributed by atoms with E-state index in [-0.39, 0.29) is 0 Å². The van der Waals surface area contributed by atoms with Gasteiger partial charge in [0.2, 0.25) is 0 Å². The molecule has 0 unspecified atom stereocenters. The van der Waals surface area contributed by atoms with E-state index >= 15 is 0 Å². The summed E-state index contributed by atoms with van der Waals surface area (Å²) in [5.41, 5.74) is 1.35. The van der Waals surface area contributed by atoms with Crippen LogP contribution in [0, 0.1) is 0 Å². The van der Waals surface area contributed by atoms with Crippen molar-refractivity contribution in [3.05, 3.63) is 34.3 Å². The van der Waals surface area contributed by atoms with Crippen LogP contribution in [0.3, 0.4) is 0 Å². The Bertz CT molecular complexity index is 273. The van der Waals surface area contributed by atoms with Gasteiger partial charge in [0.1, 0.15) is 0 Å². The molecule has 0 aromatic heterocycles. The molecule has 1 nitrogen and oxygen atoms in total. The van der Waals surface area contributed by atoms with Crippen LogP contribution in [0.5, 0.6) is 0 Å².